The normalized spacial score (nSPS) is 11.9. The second-order valence-electron chi connectivity index (χ2n) is 4.85. The number of aliphatic hydroxyl groups excluding tert-OH is 1. The number of rotatable bonds is 6. The lowest BCUT2D eigenvalue weighted by atomic mass is 10.1. The molecule has 0 fully saturated rings. The summed E-state index contributed by atoms with van der Waals surface area (Å²) < 4.78 is 5.74. The molecule has 3 nitrogen and oxygen atoms in total. The third-order valence-electron chi connectivity index (χ3n) is 3.23. The molecule has 0 heterocycles. The van der Waals surface area contributed by atoms with Crippen LogP contribution in [0.25, 0.3) is 0 Å². The highest BCUT2D eigenvalue weighted by Crippen LogP contribution is 2.19. The molecule has 1 atom stereocenters. The first-order valence-corrected chi connectivity index (χ1v) is 6.84. The number of aliphatic hydroxyl groups is 1. The molecule has 2 rings (SSSR count). The molecule has 2 aromatic rings. The summed E-state index contributed by atoms with van der Waals surface area (Å²) >= 11 is 0. The zero-order valence-electron chi connectivity index (χ0n) is 12.0. The van der Waals surface area contributed by atoms with E-state index in [1.807, 2.05) is 49.5 Å². The molecule has 2 aromatic carbocycles. The van der Waals surface area contributed by atoms with Crippen molar-refractivity contribution in [2.24, 2.45) is 0 Å². The molecule has 0 amide bonds. The maximum Gasteiger partial charge on any atom is 0.119 e. The zero-order chi connectivity index (χ0) is 14.4. The minimum Gasteiger partial charge on any atom is -0.492 e. The first-order chi connectivity index (χ1) is 9.66. The van der Waals surface area contributed by atoms with Gasteiger partial charge >= 0.3 is 0 Å². The Bertz CT molecular complexity index is 526. The van der Waals surface area contributed by atoms with E-state index in [0.29, 0.717) is 6.61 Å². The number of ether oxygens (including phenoxy) is 1. The van der Waals surface area contributed by atoms with Crippen LogP contribution in [0, 0.1) is 0 Å². The van der Waals surface area contributed by atoms with Crippen LogP contribution in [0.1, 0.15) is 18.6 Å². The van der Waals surface area contributed by atoms with Crippen molar-refractivity contribution in [2.75, 3.05) is 25.1 Å². The van der Waals surface area contributed by atoms with Gasteiger partial charge in [-0.25, -0.2) is 0 Å². The molecule has 106 valence electrons. The molecule has 20 heavy (non-hydrogen) atoms. The third-order valence-corrected chi connectivity index (χ3v) is 3.23. The summed E-state index contributed by atoms with van der Waals surface area (Å²) in [5.74, 6) is 0.796. The van der Waals surface area contributed by atoms with Crippen molar-refractivity contribution in [2.45, 2.75) is 13.0 Å². The van der Waals surface area contributed by atoms with Gasteiger partial charge in [0, 0.05) is 12.7 Å². The van der Waals surface area contributed by atoms with Crippen LogP contribution in [0.2, 0.25) is 0 Å². The fourth-order valence-corrected chi connectivity index (χ4v) is 1.98. The van der Waals surface area contributed by atoms with Gasteiger partial charge in [-0.1, -0.05) is 30.3 Å². The van der Waals surface area contributed by atoms with Gasteiger partial charge in [-0.2, -0.15) is 0 Å². The summed E-state index contributed by atoms with van der Waals surface area (Å²) in [5.41, 5.74) is 2.05. The van der Waals surface area contributed by atoms with Crippen LogP contribution in [0.3, 0.4) is 0 Å². The highest BCUT2D eigenvalue weighted by molar-refractivity contribution is 5.44. The lowest BCUT2D eigenvalue weighted by molar-refractivity contribution is 0.198. The molecule has 0 aliphatic carbocycles. The van der Waals surface area contributed by atoms with E-state index < -0.39 is 6.10 Å². The Morgan fingerprint density at radius 2 is 1.85 bits per heavy atom. The Hall–Kier alpha value is -2.00. The van der Waals surface area contributed by atoms with Crippen molar-refractivity contribution in [3.8, 4) is 5.75 Å². The second kappa shape index (κ2) is 6.96. The van der Waals surface area contributed by atoms with Gasteiger partial charge in [0.1, 0.15) is 12.4 Å². The number of likely N-dealkylation sites (N-methyl/N-ethyl adjacent to an activating group) is 1. The smallest absolute Gasteiger partial charge is 0.119 e. The lowest BCUT2D eigenvalue weighted by Gasteiger charge is -2.19. The summed E-state index contributed by atoms with van der Waals surface area (Å²) in [6, 6.07) is 17.8. The Morgan fingerprint density at radius 3 is 2.55 bits per heavy atom. The quantitative estimate of drug-likeness (QED) is 0.875. The minimum absolute atomic E-state index is 0.467. The molecule has 0 aliphatic heterocycles. The molecular formula is C17H21NO2. The Kier molecular flexibility index (Phi) is 5.02. The molecule has 0 aliphatic rings. The van der Waals surface area contributed by atoms with Gasteiger partial charge in [0.05, 0.1) is 12.6 Å². The van der Waals surface area contributed by atoms with E-state index in [4.69, 9.17) is 4.74 Å². The van der Waals surface area contributed by atoms with E-state index in [1.54, 1.807) is 6.92 Å². The summed E-state index contributed by atoms with van der Waals surface area (Å²) in [6.07, 6.45) is -0.467. The van der Waals surface area contributed by atoms with Gasteiger partial charge in [0.2, 0.25) is 0 Å². The van der Waals surface area contributed by atoms with Crippen molar-refractivity contribution in [1.82, 2.24) is 0 Å². The van der Waals surface area contributed by atoms with Crippen LogP contribution in [0.4, 0.5) is 5.69 Å². The number of benzene rings is 2. The molecule has 0 spiro atoms. The molecule has 0 radical (unpaired) electrons. The maximum absolute atomic E-state index is 9.55. The van der Waals surface area contributed by atoms with Crippen LogP contribution in [0.5, 0.6) is 5.75 Å². The van der Waals surface area contributed by atoms with Crippen LogP contribution in [-0.2, 0) is 0 Å². The van der Waals surface area contributed by atoms with Crippen molar-refractivity contribution in [3.63, 3.8) is 0 Å². The van der Waals surface area contributed by atoms with E-state index in [0.717, 1.165) is 17.9 Å². The standard InChI is InChI=1S/C17H21NO2/c1-14(19)15-7-6-10-17(13-15)20-12-11-18(2)16-8-4-3-5-9-16/h3-10,13-14,19H,11-12H2,1-2H3. The number of hydrogen-bond donors (Lipinski definition) is 1. The van der Waals surface area contributed by atoms with Gasteiger partial charge in [-0.05, 0) is 36.8 Å². The van der Waals surface area contributed by atoms with Gasteiger partial charge in [-0.15, -0.1) is 0 Å². The molecule has 0 saturated heterocycles. The van der Waals surface area contributed by atoms with Gasteiger partial charge in [-0.3, -0.25) is 0 Å². The Balaban J connectivity index is 1.85. The summed E-state index contributed by atoms with van der Waals surface area (Å²) in [6.45, 7) is 3.17. The van der Waals surface area contributed by atoms with Crippen LogP contribution >= 0.6 is 0 Å². The average Bonchev–Trinajstić information content (AvgIpc) is 2.48. The van der Waals surface area contributed by atoms with Crippen molar-refractivity contribution >= 4 is 5.69 Å². The number of para-hydroxylation sites is 1. The summed E-state index contributed by atoms with van der Waals surface area (Å²) in [7, 11) is 2.05. The molecular weight excluding hydrogens is 250 g/mol. The van der Waals surface area contributed by atoms with E-state index >= 15 is 0 Å². The predicted molar refractivity (Wildman–Crippen MR) is 82.3 cm³/mol. The van der Waals surface area contributed by atoms with Crippen molar-refractivity contribution in [3.05, 3.63) is 60.2 Å². The summed E-state index contributed by atoms with van der Waals surface area (Å²) in [5, 5.41) is 9.55. The Morgan fingerprint density at radius 1 is 1.10 bits per heavy atom. The third kappa shape index (κ3) is 4.00. The molecule has 0 bridgehead atoms. The first-order valence-electron chi connectivity index (χ1n) is 6.84. The largest absolute Gasteiger partial charge is 0.492 e. The van der Waals surface area contributed by atoms with Gasteiger partial charge in [0.25, 0.3) is 0 Å². The lowest BCUT2D eigenvalue weighted by Crippen LogP contribution is -2.23. The highest BCUT2D eigenvalue weighted by atomic mass is 16.5. The number of anilines is 1. The first kappa shape index (κ1) is 14.4. The zero-order valence-corrected chi connectivity index (χ0v) is 12.0. The maximum atomic E-state index is 9.55. The van der Waals surface area contributed by atoms with E-state index in [1.165, 1.54) is 5.69 Å². The monoisotopic (exact) mass is 271 g/mol. The molecule has 0 aromatic heterocycles. The van der Waals surface area contributed by atoms with Gasteiger partial charge < -0.3 is 14.7 Å². The van der Waals surface area contributed by atoms with E-state index in [-0.39, 0.29) is 0 Å². The highest BCUT2D eigenvalue weighted by Gasteiger charge is 2.03. The molecule has 1 N–H and O–H groups in total. The average molecular weight is 271 g/mol. The topological polar surface area (TPSA) is 32.7 Å². The molecule has 3 heteroatoms. The number of nitrogens with zero attached hydrogens (tertiary/aromatic N) is 1. The van der Waals surface area contributed by atoms with Crippen LogP contribution in [0.15, 0.2) is 54.6 Å². The van der Waals surface area contributed by atoms with Crippen molar-refractivity contribution in [1.29, 1.82) is 0 Å². The Labute approximate surface area is 120 Å². The van der Waals surface area contributed by atoms with Crippen molar-refractivity contribution < 1.29 is 9.84 Å². The fourth-order valence-electron chi connectivity index (χ4n) is 1.98. The fraction of sp³-hybridized carbons (Fsp3) is 0.294. The predicted octanol–water partition coefficient (Wildman–Crippen LogP) is 3.26. The minimum atomic E-state index is -0.467. The SMILES string of the molecule is CC(O)c1cccc(OCCN(C)c2ccccc2)c1. The summed E-state index contributed by atoms with van der Waals surface area (Å²) in [4.78, 5) is 2.15. The van der Waals surface area contributed by atoms with Crippen LogP contribution in [-0.4, -0.2) is 25.3 Å². The molecule has 1 unspecified atom stereocenters. The second-order valence-corrected chi connectivity index (χ2v) is 4.85. The van der Waals surface area contributed by atoms with Crippen LogP contribution < -0.4 is 9.64 Å². The van der Waals surface area contributed by atoms with E-state index in [9.17, 15) is 5.11 Å². The van der Waals surface area contributed by atoms with Gasteiger partial charge in [0.15, 0.2) is 0 Å². The number of hydrogen-bond acceptors (Lipinski definition) is 3. The van der Waals surface area contributed by atoms with E-state index in [2.05, 4.69) is 17.0 Å². The molecule has 0 saturated carbocycles.